The van der Waals surface area contributed by atoms with Gasteiger partial charge in [0.05, 0.1) is 31.9 Å². The Hall–Kier alpha value is -2.90. The van der Waals surface area contributed by atoms with Gasteiger partial charge in [-0.2, -0.15) is 0 Å². The number of carbonyl (C=O) groups excluding carboxylic acids is 2. The number of benzene rings is 2. The van der Waals surface area contributed by atoms with Crippen molar-refractivity contribution < 1.29 is 19.1 Å². The molecule has 3 aliphatic heterocycles. The number of fused-ring (bicyclic) bond motifs is 3. The number of carbonyl (C=O) groups is 2. The van der Waals surface area contributed by atoms with E-state index in [-0.39, 0.29) is 17.9 Å². The van der Waals surface area contributed by atoms with Gasteiger partial charge in [-0.05, 0) is 36.2 Å². The first-order valence-electron chi connectivity index (χ1n) is 9.83. The van der Waals surface area contributed by atoms with Crippen LogP contribution in [0.25, 0.3) is 0 Å². The number of ether oxygens (including phenoxy) is 2. The van der Waals surface area contributed by atoms with Crippen LogP contribution in [0.15, 0.2) is 48.5 Å². The maximum absolute atomic E-state index is 13.5. The minimum atomic E-state index is -0.455. The first-order chi connectivity index (χ1) is 14.1. The maximum Gasteiger partial charge on any atom is 0.253 e. The standard InChI is InChI=1S/C22H23N3O4/c1-28-16-9-7-14(8-10-16)19-18-20(24-12-4-11-23(19)24)22(27)25(21(18)26)15-5-3-6-17(13-15)29-2/h3,5-10,13,18-20H,4,11-12H2,1-2H3. The number of rotatable bonds is 4. The number of nitrogens with zero attached hydrogens (tertiary/aromatic N) is 3. The highest BCUT2D eigenvalue weighted by atomic mass is 16.5. The lowest BCUT2D eigenvalue weighted by molar-refractivity contribution is -0.126. The Labute approximate surface area is 169 Å². The van der Waals surface area contributed by atoms with Crippen LogP contribution in [0.4, 0.5) is 5.69 Å². The van der Waals surface area contributed by atoms with Crippen LogP contribution < -0.4 is 14.4 Å². The third kappa shape index (κ3) is 2.65. The summed E-state index contributed by atoms with van der Waals surface area (Å²) in [6.45, 7) is 1.64. The van der Waals surface area contributed by atoms with Gasteiger partial charge in [-0.3, -0.25) is 9.59 Å². The fourth-order valence-corrected chi connectivity index (χ4v) is 4.92. The SMILES string of the molecule is COc1ccc(C2C3C(=O)N(c4cccc(OC)c4)C(=O)C3N3CCCN23)cc1. The fourth-order valence-electron chi connectivity index (χ4n) is 4.92. The van der Waals surface area contributed by atoms with E-state index >= 15 is 0 Å². The molecule has 2 aromatic carbocycles. The highest BCUT2D eigenvalue weighted by Crippen LogP contribution is 2.49. The molecule has 3 heterocycles. The van der Waals surface area contributed by atoms with Gasteiger partial charge in [-0.25, -0.2) is 14.9 Å². The number of amides is 2. The molecule has 0 saturated carbocycles. The predicted octanol–water partition coefficient (Wildman–Crippen LogP) is 2.24. The molecule has 7 nitrogen and oxygen atoms in total. The average molecular weight is 393 g/mol. The van der Waals surface area contributed by atoms with E-state index in [9.17, 15) is 9.59 Å². The Morgan fingerprint density at radius 1 is 0.828 bits per heavy atom. The lowest BCUT2D eigenvalue weighted by atomic mass is 9.90. The zero-order chi connectivity index (χ0) is 20.1. The number of methoxy groups -OCH3 is 2. The summed E-state index contributed by atoms with van der Waals surface area (Å²) in [7, 11) is 3.21. The van der Waals surface area contributed by atoms with Crippen molar-refractivity contribution in [3.8, 4) is 11.5 Å². The van der Waals surface area contributed by atoms with E-state index in [0.29, 0.717) is 11.4 Å². The molecule has 0 spiro atoms. The molecule has 7 heteroatoms. The summed E-state index contributed by atoms with van der Waals surface area (Å²) >= 11 is 0. The molecule has 0 aliphatic carbocycles. The van der Waals surface area contributed by atoms with E-state index in [1.165, 1.54) is 4.90 Å². The molecular weight excluding hydrogens is 370 g/mol. The van der Waals surface area contributed by atoms with Gasteiger partial charge in [-0.1, -0.05) is 18.2 Å². The largest absolute Gasteiger partial charge is 0.497 e. The lowest BCUT2D eigenvalue weighted by Gasteiger charge is -2.29. The second-order valence-corrected chi connectivity index (χ2v) is 7.58. The number of imide groups is 1. The Morgan fingerprint density at radius 3 is 2.21 bits per heavy atom. The van der Waals surface area contributed by atoms with Crippen molar-refractivity contribution in [3.05, 3.63) is 54.1 Å². The molecule has 150 valence electrons. The molecule has 0 N–H and O–H groups in total. The molecule has 29 heavy (non-hydrogen) atoms. The van der Waals surface area contributed by atoms with Gasteiger partial charge in [0, 0.05) is 19.2 Å². The number of hydrogen-bond donors (Lipinski definition) is 0. The normalized spacial score (nSPS) is 26.7. The zero-order valence-electron chi connectivity index (χ0n) is 16.4. The first kappa shape index (κ1) is 18.1. The summed E-state index contributed by atoms with van der Waals surface area (Å²) in [5.41, 5.74) is 1.59. The van der Waals surface area contributed by atoms with Gasteiger partial charge < -0.3 is 9.47 Å². The molecule has 5 rings (SSSR count). The predicted molar refractivity (Wildman–Crippen MR) is 107 cm³/mol. The van der Waals surface area contributed by atoms with Gasteiger partial charge in [0.1, 0.15) is 17.5 Å². The first-order valence-corrected chi connectivity index (χ1v) is 9.83. The molecule has 3 aliphatic rings. The number of hydrogen-bond acceptors (Lipinski definition) is 6. The van der Waals surface area contributed by atoms with Crippen LogP contribution >= 0.6 is 0 Å². The van der Waals surface area contributed by atoms with E-state index in [1.54, 1.807) is 38.5 Å². The summed E-state index contributed by atoms with van der Waals surface area (Å²) in [4.78, 5) is 28.3. The van der Waals surface area contributed by atoms with Crippen LogP contribution in [0.1, 0.15) is 18.0 Å². The topological polar surface area (TPSA) is 62.3 Å². The van der Waals surface area contributed by atoms with Crippen molar-refractivity contribution in [1.82, 2.24) is 10.0 Å². The Kier molecular flexibility index (Phi) is 4.29. The van der Waals surface area contributed by atoms with Crippen LogP contribution in [0.2, 0.25) is 0 Å². The molecule has 2 aromatic rings. The van der Waals surface area contributed by atoms with Crippen molar-refractivity contribution in [2.24, 2.45) is 5.92 Å². The van der Waals surface area contributed by atoms with Gasteiger partial charge >= 0.3 is 0 Å². The van der Waals surface area contributed by atoms with Crippen LogP contribution in [-0.4, -0.2) is 55.2 Å². The van der Waals surface area contributed by atoms with Gasteiger partial charge in [0.2, 0.25) is 5.91 Å². The Bertz CT molecular complexity index is 961. The number of hydrazine groups is 1. The molecular formula is C22H23N3O4. The van der Waals surface area contributed by atoms with Crippen LogP contribution in [-0.2, 0) is 9.59 Å². The second-order valence-electron chi connectivity index (χ2n) is 7.58. The average Bonchev–Trinajstić information content (AvgIpc) is 3.40. The van der Waals surface area contributed by atoms with E-state index in [4.69, 9.17) is 9.47 Å². The Balaban J connectivity index is 1.55. The monoisotopic (exact) mass is 393 g/mol. The third-order valence-electron chi connectivity index (χ3n) is 6.17. The van der Waals surface area contributed by atoms with Crippen molar-refractivity contribution in [1.29, 1.82) is 0 Å². The minimum absolute atomic E-state index is 0.150. The fraction of sp³-hybridized carbons (Fsp3) is 0.364. The summed E-state index contributed by atoms with van der Waals surface area (Å²) in [5, 5.41) is 4.30. The summed E-state index contributed by atoms with van der Waals surface area (Å²) in [6.07, 6.45) is 0.983. The maximum atomic E-state index is 13.5. The lowest BCUT2D eigenvalue weighted by Crippen LogP contribution is -2.44. The van der Waals surface area contributed by atoms with Crippen molar-refractivity contribution in [3.63, 3.8) is 0 Å². The third-order valence-corrected chi connectivity index (χ3v) is 6.17. The second kappa shape index (κ2) is 6.86. The van der Waals surface area contributed by atoms with E-state index in [1.807, 2.05) is 24.3 Å². The zero-order valence-corrected chi connectivity index (χ0v) is 16.4. The molecule has 3 atom stereocenters. The van der Waals surface area contributed by atoms with Crippen LogP contribution in [0.3, 0.4) is 0 Å². The molecule has 3 fully saturated rings. The van der Waals surface area contributed by atoms with Crippen molar-refractivity contribution in [2.45, 2.75) is 18.5 Å². The van der Waals surface area contributed by atoms with Gasteiger partial charge in [0.15, 0.2) is 0 Å². The molecule has 3 saturated heterocycles. The summed E-state index contributed by atoms with van der Waals surface area (Å²) < 4.78 is 10.6. The van der Waals surface area contributed by atoms with E-state index < -0.39 is 12.0 Å². The van der Waals surface area contributed by atoms with E-state index in [2.05, 4.69) is 10.0 Å². The summed E-state index contributed by atoms with van der Waals surface area (Å²) in [5.74, 6) is 0.658. The Morgan fingerprint density at radius 2 is 1.52 bits per heavy atom. The molecule has 3 unspecified atom stereocenters. The summed E-state index contributed by atoms with van der Waals surface area (Å²) in [6, 6.07) is 14.3. The van der Waals surface area contributed by atoms with Crippen molar-refractivity contribution >= 4 is 17.5 Å². The molecule has 2 amide bonds. The molecule has 0 aromatic heterocycles. The quantitative estimate of drug-likeness (QED) is 0.743. The van der Waals surface area contributed by atoms with Gasteiger partial charge in [-0.15, -0.1) is 0 Å². The molecule has 0 radical (unpaired) electrons. The van der Waals surface area contributed by atoms with Crippen LogP contribution in [0, 0.1) is 5.92 Å². The molecule has 0 bridgehead atoms. The van der Waals surface area contributed by atoms with E-state index in [0.717, 1.165) is 30.8 Å². The highest BCUT2D eigenvalue weighted by molar-refractivity contribution is 6.24. The smallest absolute Gasteiger partial charge is 0.253 e. The highest BCUT2D eigenvalue weighted by Gasteiger charge is 2.62. The van der Waals surface area contributed by atoms with Crippen molar-refractivity contribution in [2.75, 3.05) is 32.2 Å². The van der Waals surface area contributed by atoms with Crippen LogP contribution in [0.5, 0.6) is 11.5 Å². The van der Waals surface area contributed by atoms with Gasteiger partial charge in [0.25, 0.3) is 5.91 Å². The minimum Gasteiger partial charge on any atom is -0.497 e. The number of anilines is 1.